The Labute approximate surface area is 124 Å². The number of carbonyl (C=O) groups excluding carboxylic acids is 1. The number of nitrogens with one attached hydrogen (secondary N) is 1. The van der Waals surface area contributed by atoms with Crippen molar-refractivity contribution in [2.24, 2.45) is 0 Å². The van der Waals surface area contributed by atoms with Crippen LogP contribution in [-0.4, -0.2) is 28.4 Å². The second kappa shape index (κ2) is 6.50. The highest BCUT2D eigenvalue weighted by atomic mass is 16.2. The summed E-state index contributed by atoms with van der Waals surface area (Å²) >= 11 is 0. The van der Waals surface area contributed by atoms with E-state index < -0.39 is 0 Å². The van der Waals surface area contributed by atoms with E-state index in [1.165, 1.54) is 5.56 Å². The van der Waals surface area contributed by atoms with Crippen LogP contribution in [-0.2, 0) is 11.3 Å². The van der Waals surface area contributed by atoms with E-state index in [-0.39, 0.29) is 11.9 Å². The van der Waals surface area contributed by atoms with E-state index >= 15 is 0 Å². The van der Waals surface area contributed by atoms with E-state index in [2.05, 4.69) is 27.3 Å². The first-order valence-electron chi connectivity index (χ1n) is 7.32. The van der Waals surface area contributed by atoms with Gasteiger partial charge >= 0.3 is 0 Å². The lowest BCUT2D eigenvalue weighted by molar-refractivity contribution is -0.120. The van der Waals surface area contributed by atoms with E-state index in [1.807, 2.05) is 30.3 Å². The molecule has 1 unspecified atom stereocenters. The van der Waals surface area contributed by atoms with Gasteiger partial charge in [0.05, 0.1) is 6.04 Å². The average Bonchev–Trinajstić information content (AvgIpc) is 2.97. The molecule has 1 aromatic carbocycles. The number of likely N-dealkylation sites (tertiary alicyclic amines) is 1. The number of carbonyl (C=O) groups is 1. The average molecular weight is 281 g/mol. The van der Waals surface area contributed by atoms with Gasteiger partial charge in [-0.25, -0.2) is 0 Å². The molecule has 21 heavy (non-hydrogen) atoms. The molecule has 0 bridgehead atoms. The molecule has 1 amide bonds. The van der Waals surface area contributed by atoms with Crippen LogP contribution in [0.2, 0.25) is 0 Å². The second-order valence-electron chi connectivity index (χ2n) is 5.34. The minimum absolute atomic E-state index is 0.0432. The van der Waals surface area contributed by atoms with Crippen LogP contribution in [0, 0.1) is 0 Å². The number of pyridine rings is 1. The molecule has 0 spiro atoms. The first-order valence-corrected chi connectivity index (χ1v) is 7.32. The monoisotopic (exact) mass is 281 g/mol. The molecular formula is C17H19N3O. The van der Waals surface area contributed by atoms with Gasteiger partial charge in [-0.3, -0.25) is 14.7 Å². The number of aromatic nitrogens is 1. The third-order valence-corrected chi connectivity index (χ3v) is 3.84. The zero-order valence-electron chi connectivity index (χ0n) is 11.9. The number of hydrogen-bond acceptors (Lipinski definition) is 3. The molecule has 1 aliphatic rings. The van der Waals surface area contributed by atoms with Gasteiger partial charge in [0, 0.05) is 24.6 Å². The van der Waals surface area contributed by atoms with Crippen LogP contribution < -0.4 is 5.32 Å². The summed E-state index contributed by atoms with van der Waals surface area (Å²) in [5, 5.41) is 2.98. The van der Waals surface area contributed by atoms with Gasteiger partial charge in [0.1, 0.15) is 0 Å². The molecule has 0 radical (unpaired) electrons. The van der Waals surface area contributed by atoms with E-state index in [4.69, 9.17) is 0 Å². The molecule has 1 aromatic heterocycles. The lowest BCUT2D eigenvalue weighted by Gasteiger charge is -2.23. The molecule has 1 saturated heterocycles. The molecule has 108 valence electrons. The summed E-state index contributed by atoms with van der Waals surface area (Å²) in [7, 11) is 0. The fourth-order valence-corrected chi connectivity index (χ4v) is 2.79. The van der Waals surface area contributed by atoms with Crippen molar-refractivity contribution in [1.82, 2.24) is 9.88 Å². The van der Waals surface area contributed by atoms with Crippen LogP contribution >= 0.6 is 0 Å². The summed E-state index contributed by atoms with van der Waals surface area (Å²) in [5.41, 5.74) is 2.06. The summed E-state index contributed by atoms with van der Waals surface area (Å²) in [6.45, 7) is 1.80. The molecule has 1 fully saturated rings. The number of amides is 1. The summed E-state index contributed by atoms with van der Waals surface area (Å²) in [6, 6.07) is 13.9. The summed E-state index contributed by atoms with van der Waals surface area (Å²) in [5.74, 6) is 0.0784. The minimum atomic E-state index is -0.0432. The zero-order valence-corrected chi connectivity index (χ0v) is 11.9. The third kappa shape index (κ3) is 3.47. The fourth-order valence-electron chi connectivity index (χ4n) is 2.79. The van der Waals surface area contributed by atoms with Gasteiger partial charge in [0.25, 0.3) is 0 Å². The molecule has 4 nitrogen and oxygen atoms in total. The Morgan fingerprint density at radius 1 is 1.19 bits per heavy atom. The Morgan fingerprint density at radius 2 is 1.95 bits per heavy atom. The van der Waals surface area contributed by atoms with Crippen LogP contribution in [0.15, 0.2) is 54.9 Å². The largest absolute Gasteiger partial charge is 0.325 e. The Hall–Kier alpha value is -2.20. The number of rotatable bonds is 4. The van der Waals surface area contributed by atoms with E-state index in [0.29, 0.717) is 0 Å². The van der Waals surface area contributed by atoms with Gasteiger partial charge in [-0.2, -0.15) is 0 Å². The summed E-state index contributed by atoms with van der Waals surface area (Å²) in [6.07, 6.45) is 5.36. The molecule has 3 rings (SSSR count). The Kier molecular flexibility index (Phi) is 4.26. The van der Waals surface area contributed by atoms with Crippen LogP contribution in [0.25, 0.3) is 0 Å². The van der Waals surface area contributed by atoms with Crippen molar-refractivity contribution in [3.8, 4) is 0 Å². The van der Waals surface area contributed by atoms with Crippen molar-refractivity contribution < 1.29 is 4.79 Å². The van der Waals surface area contributed by atoms with Gasteiger partial charge < -0.3 is 5.32 Å². The van der Waals surface area contributed by atoms with E-state index in [0.717, 1.165) is 31.6 Å². The van der Waals surface area contributed by atoms with Crippen molar-refractivity contribution >= 4 is 11.6 Å². The first-order chi connectivity index (χ1) is 10.3. The fraction of sp³-hybridized carbons (Fsp3) is 0.294. The number of anilines is 1. The second-order valence-corrected chi connectivity index (χ2v) is 5.34. The summed E-state index contributed by atoms with van der Waals surface area (Å²) < 4.78 is 0. The molecule has 4 heteroatoms. The van der Waals surface area contributed by atoms with Gasteiger partial charge in [0.2, 0.25) is 5.91 Å². The Morgan fingerprint density at radius 3 is 2.71 bits per heavy atom. The Balaban J connectivity index is 1.65. The number of hydrogen-bond donors (Lipinski definition) is 1. The van der Waals surface area contributed by atoms with Gasteiger partial charge in [-0.1, -0.05) is 30.3 Å². The van der Waals surface area contributed by atoms with Gasteiger partial charge in [-0.15, -0.1) is 0 Å². The van der Waals surface area contributed by atoms with Crippen LogP contribution in [0.3, 0.4) is 0 Å². The highest BCUT2D eigenvalue weighted by molar-refractivity contribution is 5.94. The SMILES string of the molecule is O=C(Nc1ccncc1)C1CCCN1Cc1ccccc1. The number of benzene rings is 1. The molecule has 1 N–H and O–H groups in total. The smallest absolute Gasteiger partial charge is 0.241 e. The lowest BCUT2D eigenvalue weighted by Crippen LogP contribution is -2.39. The molecule has 0 aliphatic carbocycles. The maximum absolute atomic E-state index is 12.4. The summed E-state index contributed by atoms with van der Waals surface area (Å²) in [4.78, 5) is 18.7. The maximum Gasteiger partial charge on any atom is 0.241 e. The van der Waals surface area contributed by atoms with Crippen LogP contribution in [0.4, 0.5) is 5.69 Å². The lowest BCUT2D eigenvalue weighted by atomic mass is 10.1. The molecule has 1 aliphatic heterocycles. The van der Waals surface area contributed by atoms with Crippen molar-refractivity contribution in [3.63, 3.8) is 0 Å². The topological polar surface area (TPSA) is 45.2 Å². The Bertz CT molecular complexity index is 585. The standard InChI is InChI=1S/C17H19N3O/c21-17(19-15-8-10-18-11-9-15)16-7-4-12-20(16)13-14-5-2-1-3-6-14/h1-3,5-6,8-11,16H,4,7,12-13H2,(H,18,19,21). The van der Waals surface area contributed by atoms with Crippen molar-refractivity contribution in [2.75, 3.05) is 11.9 Å². The molecule has 2 aromatic rings. The molecule has 1 atom stereocenters. The van der Waals surface area contributed by atoms with E-state index in [1.54, 1.807) is 12.4 Å². The van der Waals surface area contributed by atoms with Crippen molar-refractivity contribution in [3.05, 3.63) is 60.4 Å². The quantitative estimate of drug-likeness (QED) is 0.937. The highest BCUT2D eigenvalue weighted by Gasteiger charge is 2.30. The van der Waals surface area contributed by atoms with Crippen molar-refractivity contribution in [1.29, 1.82) is 0 Å². The predicted octanol–water partition coefficient (Wildman–Crippen LogP) is 2.68. The van der Waals surface area contributed by atoms with Gasteiger partial charge in [0.15, 0.2) is 0 Å². The van der Waals surface area contributed by atoms with Crippen LogP contribution in [0.5, 0.6) is 0 Å². The normalized spacial score (nSPS) is 18.6. The zero-order chi connectivity index (χ0) is 14.5. The minimum Gasteiger partial charge on any atom is -0.325 e. The third-order valence-electron chi connectivity index (χ3n) is 3.84. The maximum atomic E-state index is 12.4. The molecule has 0 saturated carbocycles. The van der Waals surface area contributed by atoms with Gasteiger partial charge in [-0.05, 0) is 37.1 Å². The van der Waals surface area contributed by atoms with Crippen molar-refractivity contribution in [2.45, 2.75) is 25.4 Å². The number of nitrogens with zero attached hydrogens (tertiary/aromatic N) is 2. The molecule has 2 heterocycles. The van der Waals surface area contributed by atoms with Crippen LogP contribution in [0.1, 0.15) is 18.4 Å². The molecular weight excluding hydrogens is 262 g/mol. The van der Waals surface area contributed by atoms with E-state index in [9.17, 15) is 4.79 Å². The predicted molar refractivity (Wildman–Crippen MR) is 82.7 cm³/mol. The highest BCUT2D eigenvalue weighted by Crippen LogP contribution is 2.21. The first kappa shape index (κ1) is 13.8.